The van der Waals surface area contributed by atoms with E-state index in [9.17, 15) is 9.59 Å². The molecule has 0 radical (unpaired) electrons. The molecule has 6 nitrogen and oxygen atoms in total. The zero-order valence-corrected chi connectivity index (χ0v) is 9.84. The van der Waals surface area contributed by atoms with Crippen LogP contribution in [0, 0.1) is 0 Å². The summed E-state index contributed by atoms with van der Waals surface area (Å²) in [6.45, 7) is 3.58. The van der Waals surface area contributed by atoms with Crippen molar-refractivity contribution in [2.45, 2.75) is 18.6 Å². The molecule has 0 aromatic heterocycles. The Morgan fingerprint density at radius 1 is 1.60 bits per heavy atom. The van der Waals surface area contributed by atoms with Gasteiger partial charge in [-0.15, -0.1) is 0 Å². The standard InChI is InChI=1S/C8H13N3O3S/c1-8(2)5(12)11(4)6(15-8)10-14-7(13)9-3/h1-4H3,(H,9,13). The van der Waals surface area contributed by atoms with Crippen LogP contribution in [0.2, 0.25) is 0 Å². The first-order valence-corrected chi connectivity index (χ1v) is 5.14. The van der Waals surface area contributed by atoms with Crippen molar-refractivity contribution in [1.29, 1.82) is 0 Å². The average Bonchev–Trinajstić information content (AvgIpc) is 2.38. The topological polar surface area (TPSA) is 71.0 Å². The van der Waals surface area contributed by atoms with Crippen LogP contribution in [0.1, 0.15) is 13.8 Å². The van der Waals surface area contributed by atoms with Crippen LogP contribution in [-0.4, -0.2) is 40.9 Å². The molecule has 1 heterocycles. The molecule has 84 valence electrons. The largest absolute Gasteiger partial charge is 0.433 e. The molecule has 0 unspecified atom stereocenters. The Morgan fingerprint density at radius 2 is 2.20 bits per heavy atom. The fraction of sp³-hybridized carbons (Fsp3) is 0.625. The maximum Gasteiger partial charge on any atom is 0.433 e. The van der Waals surface area contributed by atoms with Crippen LogP contribution in [-0.2, 0) is 9.63 Å². The van der Waals surface area contributed by atoms with Crippen molar-refractivity contribution < 1.29 is 14.4 Å². The first kappa shape index (κ1) is 11.8. The van der Waals surface area contributed by atoms with Gasteiger partial charge in [0.15, 0.2) is 0 Å². The summed E-state index contributed by atoms with van der Waals surface area (Å²) in [4.78, 5) is 28.3. The summed E-state index contributed by atoms with van der Waals surface area (Å²) in [5.74, 6) is -0.0632. The summed E-state index contributed by atoms with van der Waals surface area (Å²) in [5, 5.41) is 6.23. The Labute approximate surface area is 92.0 Å². The molecule has 1 aliphatic rings. The average molecular weight is 231 g/mol. The van der Waals surface area contributed by atoms with Crippen LogP contribution < -0.4 is 5.32 Å². The van der Waals surface area contributed by atoms with Gasteiger partial charge < -0.3 is 5.32 Å². The number of carbonyl (C=O) groups excluding carboxylic acids is 2. The minimum Gasteiger partial charge on any atom is -0.323 e. The van der Waals surface area contributed by atoms with Crippen LogP contribution in [0.3, 0.4) is 0 Å². The van der Waals surface area contributed by atoms with E-state index in [-0.39, 0.29) is 5.91 Å². The van der Waals surface area contributed by atoms with E-state index in [1.54, 1.807) is 20.9 Å². The summed E-state index contributed by atoms with van der Waals surface area (Å²) in [6, 6.07) is 0. The van der Waals surface area contributed by atoms with E-state index in [2.05, 4.69) is 15.3 Å². The number of nitrogens with one attached hydrogen (secondary N) is 1. The normalized spacial score (nSPS) is 22.0. The second kappa shape index (κ2) is 4.09. The molecule has 7 heteroatoms. The summed E-state index contributed by atoms with van der Waals surface area (Å²) < 4.78 is -0.556. The van der Waals surface area contributed by atoms with Gasteiger partial charge in [0.05, 0.1) is 4.75 Å². The van der Waals surface area contributed by atoms with E-state index >= 15 is 0 Å². The number of thioether (sulfide) groups is 1. The van der Waals surface area contributed by atoms with Crippen molar-refractivity contribution in [1.82, 2.24) is 10.2 Å². The van der Waals surface area contributed by atoms with Gasteiger partial charge in [-0.2, -0.15) is 0 Å². The number of amidine groups is 1. The minimum atomic E-state index is -0.659. The highest BCUT2D eigenvalue weighted by atomic mass is 32.2. The van der Waals surface area contributed by atoms with Crippen molar-refractivity contribution in [3.05, 3.63) is 0 Å². The summed E-state index contributed by atoms with van der Waals surface area (Å²) in [5.41, 5.74) is 0. The number of carbonyl (C=O) groups is 2. The maximum atomic E-state index is 11.6. The van der Waals surface area contributed by atoms with Crippen LogP contribution in [0.15, 0.2) is 5.16 Å². The lowest BCUT2D eigenvalue weighted by molar-refractivity contribution is -0.127. The van der Waals surface area contributed by atoms with Gasteiger partial charge in [-0.25, -0.2) is 4.79 Å². The van der Waals surface area contributed by atoms with E-state index in [0.717, 1.165) is 0 Å². The van der Waals surface area contributed by atoms with Gasteiger partial charge >= 0.3 is 6.09 Å². The third kappa shape index (κ3) is 2.41. The van der Waals surface area contributed by atoms with E-state index in [4.69, 9.17) is 0 Å². The molecule has 0 aromatic carbocycles. The third-order valence-electron chi connectivity index (χ3n) is 1.86. The highest BCUT2D eigenvalue weighted by Gasteiger charge is 2.43. The molecular formula is C8H13N3O3S. The molecule has 0 atom stereocenters. The van der Waals surface area contributed by atoms with Crippen molar-refractivity contribution >= 4 is 28.9 Å². The van der Waals surface area contributed by atoms with Crippen LogP contribution in [0.4, 0.5) is 4.79 Å². The van der Waals surface area contributed by atoms with Gasteiger partial charge in [0.1, 0.15) is 0 Å². The number of rotatable bonds is 1. The molecule has 0 aliphatic carbocycles. The van der Waals surface area contributed by atoms with Gasteiger partial charge in [0.25, 0.3) is 0 Å². The lowest BCUT2D eigenvalue weighted by Gasteiger charge is -2.11. The predicted octanol–water partition coefficient (Wildman–Crippen LogP) is 0.597. The minimum absolute atomic E-state index is 0.0632. The van der Waals surface area contributed by atoms with E-state index in [1.165, 1.54) is 23.7 Å². The molecule has 0 bridgehead atoms. The monoisotopic (exact) mass is 231 g/mol. The number of nitrogens with zero attached hydrogens (tertiary/aromatic N) is 2. The number of amides is 2. The molecule has 1 N–H and O–H groups in total. The number of hydrogen-bond donors (Lipinski definition) is 1. The van der Waals surface area contributed by atoms with Crippen molar-refractivity contribution in [2.75, 3.05) is 14.1 Å². The first-order chi connectivity index (χ1) is 6.88. The van der Waals surface area contributed by atoms with Gasteiger partial charge in [0, 0.05) is 14.1 Å². The fourth-order valence-corrected chi connectivity index (χ4v) is 2.01. The zero-order chi connectivity index (χ0) is 11.6. The van der Waals surface area contributed by atoms with Crippen LogP contribution in [0.25, 0.3) is 0 Å². The Kier molecular flexibility index (Phi) is 3.23. The SMILES string of the molecule is CNC(=O)ON=C1SC(C)(C)C(=O)N1C. The third-order valence-corrected chi connectivity index (χ3v) is 3.08. The highest BCUT2D eigenvalue weighted by molar-refractivity contribution is 8.16. The lowest BCUT2D eigenvalue weighted by atomic mass is 10.2. The quantitative estimate of drug-likeness (QED) is 0.530. The second-order valence-electron chi connectivity index (χ2n) is 3.48. The summed E-state index contributed by atoms with van der Waals surface area (Å²) >= 11 is 1.26. The van der Waals surface area contributed by atoms with E-state index in [1.807, 2.05) is 0 Å². The molecule has 15 heavy (non-hydrogen) atoms. The van der Waals surface area contributed by atoms with Crippen LogP contribution >= 0.6 is 11.8 Å². The molecular weight excluding hydrogens is 218 g/mol. The van der Waals surface area contributed by atoms with Crippen LogP contribution in [0.5, 0.6) is 0 Å². The summed E-state index contributed by atoms with van der Waals surface area (Å²) in [6.07, 6.45) is -0.659. The molecule has 0 spiro atoms. The Morgan fingerprint density at radius 3 is 2.60 bits per heavy atom. The molecule has 2 amide bonds. The van der Waals surface area contributed by atoms with Crippen molar-refractivity contribution in [3.63, 3.8) is 0 Å². The fourth-order valence-electron chi connectivity index (χ4n) is 1.04. The van der Waals surface area contributed by atoms with Gasteiger partial charge in [0.2, 0.25) is 11.1 Å². The number of hydrogen-bond acceptors (Lipinski definition) is 5. The predicted molar refractivity (Wildman–Crippen MR) is 57.4 cm³/mol. The first-order valence-electron chi connectivity index (χ1n) is 4.32. The molecule has 0 aromatic rings. The number of oxime groups is 1. The molecule has 1 fully saturated rings. The molecule has 0 saturated carbocycles. The Hall–Kier alpha value is -1.24. The van der Waals surface area contributed by atoms with Crippen molar-refractivity contribution in [2.24, 2.45) is 5.16 Å². The van der Waals surface area contributed by atoms with Crippen molar-refractivity contribution in [3.8, 4) is 0 Å². The summed E-state index contributed by atoms with van der Waals surface area (Å²) in [7, 11) is 3.03. The van der Waals surface area contributed by atoms with Gasteiger partial charge in [-0.1, -0.05) is 11.8 Å². The van der Waals surface area contributed by atoms with E-state index in [0.29, 0.717) is 5.17 Å². The molecule has 1 aliphatic heterocycles. The van der Waals surface area contributed by atoms with Gasteiger partial charge in [-0.3, -0.25) is 14.5 Å². The Bertz CT molecular complexity index is 327. The van der Waals surface area contributed by atoms with Gasteiger partial charge in [-0.05, 0) is 19.0 Å². The smallest absolute Gasteiger partial charge is 0.323 e. The zero-order valence-electron chi connectivity index (χ0n) is 9.03. The second-order valence-corrected chi connectivity index (χ2v) is 5.07. The maximum absolute atomic E-state index is 11.6. The molecule has 1 saturated heterocycles. The van der Waals surface area contributed by atoms with E-state index < -0.39 is 10.8 Å². The lowest BCUT2D eigenvalue weighted by Crippen LogP contribution is -2.33. The highest BCUT2D eigenvalue weighted by Crippen LogP contribution is 2.35. The Balaban J connectivity index is 2.74. The molecule has 1 rings (SSSR count).